The summed E-state index contributed by atoms with van der Waals surface area (Å²) in [5.41, 5.74) is 1.59. The first-order valence-electron chi connectivity index (χ1n) is 8.12. The number of hydrogen-bond acceptors (Lipinski definition) is 7. The van der Waals surface area contributed by atoms with Crippen LogP contribution in [-0.4, -0.2) is 38.3 Å². The number of aromatic nitrogens is 5. The summed E-state index contributed by atoms with van der Waals surface area (Å²) >= 11 is 7.76. The van der Waals surface area contributed by atoms with Gasteiger partial charge in [0.15, 0.2) is 5.16 Å². The van der Waals surface area contributed by atoms with Gasteiger partial charge in [-0.3, -0.25) is 0 Å². The molecule has 0 aliphatic rings. The first-order valence-corrected chi connectivity index (χ1v) is 9.32. The van der Waals surface area contributed by atoms with E-state index in [0.717, 1.165) is 29.9 Å². The van der Waals surface area contributed by atoms with Crippen molar-refractivity contribution >= 4 is 40.2 Å². The number of nitrogens with one attached hydrogen (secondary N) is 2. The first kappa shape index (κ1) is 17.8. The van der Waals surface area contributed by atoms with Crippen LogP contribution in [0.15, 0.2) is 22.3 Å². The van der Waals surface area contributed by atoms with Crippen molar-refractivity contribution in [1.29, 1.82) is 0 Å². The quantitative estimate of drug-likeness (QED) is 0.602. The molecule has 0 atom stereocenters. The van der Waals surface area contributed by atoms with E-state index in [4.69, 9.17) is 16.3 Å². The van der Waals surface area contributed by atoms with Crippen molar-refractivity contribution < 1.29 is 4.74 Å². The van der Waals surface area contributed by atoms with Crippen LogP contribution in [0.2, 0.25) is 5.02 Å². The number of ether oxygens (including phenoxy) is 1. The molecule has 0 unspecified atom stereocenters. The van der Waals surface area contributed by atoms with Gasteiger partial charge in [-0.25, -0.2) is 4.98 Å². The molecule has 0 spiro atoms. The fourth-order valence-corrected chi connectivity index (χ4v) is 3.35. The largest absolute Gasteiger partial charge is 0.477 e. The summed E-state index contributed by atoms with van der Waals surface area (Å²) < 4.78 is 5.67. The molecule has 3 aromatic rings. The summed E-state index contributed by atoms with van der Waals surface area (Å²) in [4.78, 5) is 12.3. The monoisotopic (exact) mass is 378 g/mol. The van der Waals surface area contributed by atoms with Crippen LogP contribution in [0.4, 0.5) is 5.82 Å². The molecule has 0 aliphatic heterocycles. The predicted molar refractivity (Wildman–Crippen MR) is 99.8 cm³/mol. The summed E-state index contributed by atoms with van der Waals surface area (Å²) in [6.07, 6.45) is 0.778. The van der Waals surface area contributed by atoms with Crippen molar-refractivity contribution in [2.75, 3.05) is 18.5 Å². The van der Waals surface area contributed by atoms with Gasteiger partial charge in [-0.1, -0.05) is 18.5 Å². The average molecular weight is 379 g/mol. The molecule has 3 aromatic heterocycles. The van der Waals surface area contributed by atoms with Crippen LogP contribution in [0.1, 0.15) is 26.5 Å². The molecule has 9 heteroatoms. The van der Waals surface area contributed by atoms with Gasteiger partial charge in [-0.15, -0.1) is 10.2 Å². The molecule has 0 bridgehead atoms. The van der Waals surface area contributed by atoms with Gasteiger partial charge in [0, 0.05) is 12.2 Å². The van der Waals surface area contributed by atoms with E-state index in [1.807, 2.05) is 32.9 Å². The first-order chi connectivity index (χ1) is 12.2. The highest BCUT2D eigenvalue weighted by atomic mass is 35.5. The Kier molecular flexibility index (Phi) is 5.60. The molecule has 0 saturated carbocycles. The van der Waals surface area contributed by atoms with Crippen molar-refractivity contribution in [3.8, 4) is 5.88 Å². The summed E-state index contributed by atoms with van der Waals surface area (Å²) in [5, 5.41) is 14.0. The van der Waals surface area contributed by atoms with Crippen molar-refractivity contribution in [3.05, 3.63) is 22.8 Å². The minimum absolute atomic E-state index is 0.480. The van der Waals surface area contributed by atoms with Crippen molar-refractivity contribution in [2.24, 2.45) is 0 Å². The molecule has 0 aromatic carbocycles. The number of aromatic amines is 1. The Morgan fingerprint density at radius 2 is 2.04 bits per heavy atom. The second-order valence-corrected chi connectivity index (χ2v) is 6.49. The van der Waals surface area contributed by atoms with Crippen molar-refractivity contribution in [3.63, 3.8) is 0 Å². The SMILES string of the molecule is CCNc1ccc(Sc2nc(OCC)c3c(Cl)c(CC)[nH]c3n2)nn1. The number of anilines is 1. The van der Waals surface area contributed by atoms with E-state index in [0.29, 0.717) is 33.3 Å². The summed E-state index contributed by atoms with van der Waals surface area (Å²) in [6, 6.07) is 3.75. The van der Waals surface area contributed by atoms with Crippen molar-refractivity contribution in [2.45, 2.75) is 37.4 Å². The molecule has 0 amide bonds. The molecular formula is C16H19ClN6OS. The van der Waals surface area contributed by atoms with E-state index in [-0.39, 0.29) is 0 Å². The van der Waals surface area contributed by atoms with E-state index < -0.39 is 0 Å². The van der Waals surface area contributed by atoms with Gasteiger partial charge in [-0.2, -0.15) is 4.98 Å². The number of rotatable bonds is 7. The molecule has 25 heavy (non-hydrogen) atoms. The molecule has 7 nitrogen and oxygen atoms in total. The number of hydrogen-bond donors (Lipinski definition) is 2. The molecule has 3 rings (SSSR count). The van der Waals surface area contributed by atoms with E-state index in [9.17, 15) is 0 Å². The Bertz CT molecular complexity index is 867. The number of halogens is 1. The molecule has 0 aliphatic carbocycles. The maximum atomic E-state index is 6.43. The predicted octanol–water partition coefficient (Wildman–Crippen LogP) is 3.95. The van der Waals surface area contributed by atoms with E-state index >= 15 is 0 Å². The van der Waals surface area contributed by atoms with Gasteiger partial charge in [0.25, 0.3) is 0 Å². The fourth-order valence-electron chi connectivity index (χ4n) is 2.33. The van der Waals surface area contributed by atoms with Crippen LogP contribution in [-0.2, 0) is 6.42 Å². The second-order valence-electron chi connectivity index (χ2n) is 5.13. The van der Waals surface area contributed by atoms with Crippen LogP contribution >= 0.6 is 23.4 Å². The summed E-state index contributed by atoms with van der Waals surface area (Å²) in [5.74, 6) is 1.22. The maximum absolute atomic E-state index is 6.43. The summed E-state index contributed by atoms with van der Waals surface area (Å²) in [7, 11) is 0. The van der Waals surface area contributed by atoms with Crippen LogP contribution in [0.5, 0.6) is 5.88 Å². The molecule has 0 fully saturated rings. The number of aryl methyl sites for hydroxylation is 1. The Hall–Kier alpha value is -2.06. The van der Waals surface area contributed by atoms with Crippen LogP contribution in [0.25, 0.3) is 11.0 Å². The van der Waals surface area contributed by atoms with Gasteiger partial charge in [0.05, 0.1) is 17.0 Å². The Labute approximate surface area is 155 Å². The topological polar surface area (TPSA) is 88.6 Å². The summed E-state index contributed by atoms with van der Waals surface area (Å²) in [6.45, 7) is 7.24. The van der Waals surface area contributed by atoms with Crippen LogP contribution in [0, 0.1) is 0 Å². The lowest BCUT2D eigenvalue weighted by Crippen LogP contribution is -2.01. The zero-order chi connectivity index (χ0) is 17.8. The van der Waals surface area contributed by atoms with Gasteiger partial charge >= 0.3 is 0 Å². The molecule has 0 saturated heterocycles. The maximum Gasteiger partial charge on any atom is 0.228 e. The van der Waals surface area contributed by atoms with Gasteiger partial charge in [0.1, 0.15) is 16.5 Å². The highest BCUT2D eigenvalue weighted by molar-refractivity contribution is 7.99. The molecular weight excluding hydrogens is 360 g/mol. The highest BCUT2D eigenvalue weighted by Crippen LogP contribution is 2.35. The third kappa shape index (κ3) is 3.80. The molecule has 132 valence electrons. The lowest BCUT2D eigenvalue weighted by atomic mass is 10.3. The third-order valence-corrected chi connectivity index (χ3v) is 4.65. The lowest BCUT2D eigenvalue weighted by Gasteiger charge is -2.06. The van der Waals surface area contributed by atoms with Gasteiger partial charge in [0.2, 0.25) is 5.88 Å². The highest BCUT2D eigenvalue weighted by Gasteiger charge is 2.18. The van der Waals surface area contributed by atoms with Gasteiger partial charge in [-0.05, 0) is 44.2 Å². The molecule has 0 radical (unpaired) electrons. The van der Waals surface area contributed by atoms with E-state index in [1.165, 1.54) is 11.8 Å². The Balaban J connectivity index is 1.95. The van der Waals surface area contributed by atoms with Gasteiger partial charge < -0.3 is 15.0 Å². The number of nitrogens with zero attached hydrogens (tertiary/aromatic N) is 4. The normalized spacial score (nSPS) is 11.0. The van der Waals surface area contributed by atoms with Crippen LogP contribution in [0.3, 0.4) is 0 Å². The number of H-pyrrole nitrogens is 1. The molecule has 3 heterocycles. The average Bonchev–Trinajstić information content (AvgIpc) is 2.93. The minimum Gasteiger partial charge on any atom is -0.477 e. The minimum atomic E-state index is 0.480. The zero-order valence-corrected chi connectivity index (χ0v) is 15.8. The van der Waals surface area contributed by atoms with Crippen LogP contribution < -0.4 is 10.1 Å². The third-order valence-electron chi connectivity index (χ3n) is 3.44. The Morgan fingerprint density at radius 1 is 1.20 bits per heavy atom. The van der Waals surface area contributed by atoms with Crippen molar-refractivity contribution in [1.82, 2.24) is 25.1 Å². The standard InChI is InChI=1S/C16H19ClN6OS/c1-4-9-13(17)12-14(19-9)20-16(21-15(12)24-6-3)25-11-8-7-10(18-5-2)22-23-11/h7-8H,4-6H2,1-3H3,(H,18,22)(H,19,20,21). The molecule has 2 N–H and O–H groups in total. The lowest BCUT2D eigenvalue weighted by molar-refractivity contribution is 0.328. The smallest absolute Gasteiger partial charge is 0.228 e. The van der Waals surface area contributed by atoms with E-state index in [1.54, 1.807) is 0 Å². The number of fused-ring (bicyclic) bond motifs is 1. The van der Waals surface area contributed by atoms with E-state index in [2.05, 4.69) is 30.5 Å². The fraction of sp³-hybridized carbons (Fsp3) is 0.375. The second kappa shape index (κ2) is 7.88. The Morgan fingerprint density at radius 3 is 2.68 bits per heavy atom. The zero-order valence-electron chi connectivity index (χ0n) is 14.3.